The summed E-state index contributed by atoms with van der Waals surface area (Å²) in [5.74, 6) is -12.8. The van der Waals surface area contributed by atoms with Gasteiger partial charge in [0.2, 0.25) is 53.2 Å². The molecule has 2 fully saturated rings. The zero-order valence-corrected chi connectivity index (χ0v) is 49.7. The predicted octanol–water partition coefficient (Wildman–Crippen LogP) is -2.24. The Kier molecular flexibility index (Phi) is 22.5. The van der Waals surface area contributed by atoms with Crippen molar-refractivity contribution < 1.29 is 77.0 Å². The Labute approximate surface area is 496 Å². The number of likely N-dealkylation sites (tertiary alicyclic amines) is 1. The lowest BCUT2D eigenvalue weighted by atomic mass is 9.85. The van der Waals surface area contributed by atoms with E-state index in [1.165, 1.54) is 30.7 Å². The van der Waals surface area contributed by atoms with Gasteiger partial charge in [-0.15, -0.1) is 5.10 Å². The third kappa shape index (κ3) is 16.0. The number of H-pyrrole nitrogens is 1. The number of Topliss-reactive ketones (excluding diaryl/α,β-unsaturated/α-hetero) is 2. The number of rotatable bonds is 17. The average molecular weight is 1230 g/mol. The van der Waals surface area contributed by atoms with Crippen LogP contribution in [0.3, 0.4) is 0 Å². The number of aliphatic hydroxyl groups is 3. The van der Waals surface area contributed by atoms with Gasteiger partial charge in [0.15, 0.2) is 11.6 Å². The molecule has 1 aromatic carbocycles. The van der Waals surface area contributed by atoms with Gasteiger partial charge in [-0.1, -0.05) is 39.3 Å². The molecule has 464 valence electrons. The molecule has 0 saturated carbocycles. The fraction of sp³-hybridized carbons (Fsp3) is 0.618. The minimum atomic E-state index is -2.40. The maximum absolute atomic E-state index is 15.3. The summed E-state index contributed by atoms with van der Waals surface area (Å²) in [7, 11) is -0.951. The number of carbonyl (C=O) groups is 11. The Morgan fingerprint density at radius 1 is 0.929 bits per heavy atom. The van der Waals surface area contributed by atoms with Gasteiger partial charge in [0.05, 0.1) is 86.3 Å². The number of nitrogens with zero attached hydrogens (tertiary/aromatic N) is 5. The highest BCUT2D eigenvalue weighted by molar-refractivity contribution is 7.98. The molecule has 28 nitrogen and oxygen atoms in total. The molecular formula is C55H76N12O16S2. The maximum Gasteiger partial charge on any atom is 0.246 e. The summed E-state index contributed by atoms with van der Waals surface area (Å²) in [6.45, 7) is 4.34. The van der Waals surface area contributed by atoms with Gasteiger partial charge in [-0.05, 0) is 48.6 Å². The summed E-state index contributed by atoms with van der Waals surface area (Å²) < 4.78 is 22.8. The number of thioether (sulfide) groups is 1. The first-order chi connectivity index (χ1) is 40.4. The fourth-order valence-electron chi connectivity index (χ4n) is 11.1. The number of aromatic nitrogens is 4. The Balaban J connectivity index is 1.30. The van der Waals surface area contributed by atoms with Crippen LogP contribution in [-0.4, -0.2) is 195 Å². The number of hydrogen-bond acceptors (Lipinski definition) is 19. The number of carbonyl (C=O) groups excluding carboxylic acids is 11. The number of nitrogens with one attached hydrogen (secondary N) is 6. The molecule has 7 rings (SSSR count). The van der Waals surface area contributed by atoms with E-state index in [1.807, 2.05) is 0 Å². The van der Waals surface area contributed by atoms with Crippen LogP contribution in [0.1, 0.15) is 95.9 Å². The number of aryl methyl sites for hydroxylation is 1. The Morgan fingerprint density at radius 2 is 1.67 bits per heavy atom. The van der Waals surface area contributed by atoms with E-state index in [0.717, 1.165) is 4.90 Å². The second-order valence-corrected chi connectivity index (χ2v) is 24.9. The molecule has 4 aliphatic heterocycles. The molecule has 0 spiro atoms. The van der Waals surface area contributed by atoms with Crippen molar-refractivity contribution >= 4 is 98.2 Å². The van der Waals surface area contributed by atoms with E-state index in [1.54, 1.807) is 43.8 Å². The molecule has 85 heavy (non-hydrogen) atoms. The first-order valence-electron chi connectivity index (χ1n) is 28.4. The van der Waals surface area contributed by atoms with Gasteiger partial charge < -0.3 is 62.3 Å². The van der Waals surface area contributed by atoms with Crippen molar-refractivity contribution in [2.75, 3.05) is 44.9 Å². The third-order valence-corrected chi connectivity index (χ3v) is 18.7. The molecule has 2 bridgehead atoms. The highest BCUT2D eigenvalue weighted by Crippen LogP contribution is 2.37. The molecule has 0 radical (unpaired) electrons. The standard InChI is InChI=1S/C55H76N12O16S2/c1-6-27(2)35-16-32(69)19-57-49(76)30-14-36-34-9-10-43(83-5)37(25-84-12-8-7-11-65-21-31(63-64-65)22-67-46(75)13-28(3)54(67)80)48(34)62-53(36)85(82)26-39(59-45(74)20-58-50(35)77)51(78)60-38(18-44(56)73)55(81)66-23-33(70)17-40(66)52(79)61-47(41(71)15-30)29(4)42(72)24-68/h9-10,21,27-30,33,35,38-40,42,47,62,68,70,72H,6-8,11-20,22-26H2,1-5H3,(H2,56,73)(H,57,76)(H,58,77)(H,59,74)(H,60,78)(H,61,79)/t27-,28?,29-,30+,33+,35-,38-,39-,40-,42-,47-,85?/m0/s1. The molecule has 6 heterocycles. The molecule has 12 atom stereocenters. The van der Waals surface area contributed by atoms with Gasteiger partial charge in [0.25, 0.3) is 0 Å². The number of benzene rings is 1. The van der Waals surface area contributed by atoms with Crippen LogP contribution in [0.15, 0.2) is 23.4 Å². The first kappa shape index (κ1) is 65.4. The topological polar surface area (TPSA) is 414 Å². The van der Waals surface area contributed by atoms with Crippen molar-refractivity contribution in [3.63, 3.8) is 0 Å². The average Bonchev–Trinajstić information content (AvgIpc) is 1.95. The van der Waals surface area contributed by atoms with Crippen LogP contribution in [-0.2, 0) is 88.8 Å². The number of ketones is 2. The number of amides is 9. The number of nitrogens with two attached hydrogens (primary N) is 1. The lowest BCUT2D eigenvalue weighted by Gasteiger charge is -2.32. The molecule has 2 saturated heterocycles. The highest BCUT2D eigenvalue weighted by Gasteiger charge is 2.45. The summed E-state index contributed by atoms with van der Waals surface area (Å²) in [6, 6.07) is -3.63. The van der Waals surface area contributed by atoms with Gasteiger partial charge >= 0.3 is 0 Å². The van der Waals surface area contributed by atoms with Crippen LogP contribution in [0, 0.1) is 29.6 Å². The van der Waals surface area contributed by atoms with Crippen LogP contribution < -0.4 is 37.1 Å². The normalized spacial score (nSPS) is 26.5. The third-order valence-electron chi connectivity index (χ3n) is 16.2. The van der Waals surface area contributed by atoms with Crippen LogP contribution in [0.25, 0.3) is 10.9 Å². The maximum atomic E-state index is 15.3. The molecule has 0 aliphatic carbocycles. The van der Waals surface area contributed by atoms with E-state index in [9.17, 15) is 68.1 Å². The SMILES string of the molecule is CC[C@H](C)[C@@H]1CC(=O)CNC(=O)[C@H]2CC(=O)[C@H]([C@@H](C)[C@@H](O)CO)NC(=O)[C@@H]3C[C@@H](O)CN3C(=O)[C@H](CC(N)=O)NC(=O)[C@H](CS(=O)c3[nH]c4c(CSCCCCn5cc(CN6C(=O)CC(C)C6=O)nn5)c(OC)ccc4c3C2)NC(=O)CNC1=O. The molecule has 9 amide bonds. The molecule has 11 N–H and O–H groups in total. The van der Waals surface area contributed by atoms with Gasteiger partial charge in [0.1, 0.15) is 34.6 Å². The fourth-order valence-corrected chi connectivity index (χ4v) is 13.5. The second-order valence-electron chi connectivity index (χ2n) is 22.4. The van der Waals surface area contributed by atoms with E-state index in [0.29, 0.717) is 65.2 Å². The molecule has 2 unspecified atom stereocenters. The Hall–Kier alpha value is -7.15. The number of primary amides is 1. The van der Waals surface area contributed by atoms with Crippen molar-refractivity contribution in [2.24, 2.45) is 35.3 Å². The highest BCUT2D eigenvalue weighted by atomic mass is 32.2. The summed E-state index contributed by atoms with van der Waals surface area (Å²) in [4.78, 5) is 158. The molecule has 4 aliphatic rings. The van der Waals surface area contributed by atoms with Gasteiger partial charge in [-0.2, -0.15) is 11.8 Å². The molecule has 2 aromatic heterocycles. The minimum absolute atomic E-state index is 0.0312. The minimum Gasteiger partial charge on any atom is -0.496 e. The number of aromatic amines is 1. The number of hydrogen-bond donors (Lipinski definition) is 10. The lowest BCUT2D eigenvalue weighted by molar-refractivity contribution is -0.144. The first-order valence-corrected chi connectivity index (χ1v) is 30.9. The van der Waals surface area contributed by atoms with Crippen molar-refractivity contribution in [3.8, 4) is 5.75 Å². The van der Waals surface area contributed by atoms with Gasteiger partial charge in [0, 0.05) is 79.1 Å². The van der Waals surface area contributed by atoms with E-state index in [2.05, 4.69) is 41.9 Å². The van der Waals surface area contributed by atoms with E-state index in [-0.39, 0.29) is 47.7 Å². The van der Waals surface area contributed by atoms with Crippen molar-refractivity contribution in [2.45, 2.75) is 146 Å². The van der Waals surface area contributed by atoms with Crippen LogP contribution in [0.4, 0.5) is 0 Å². The monoisotopic (exact) mass is 1220 g/mol. The summed E-state index contributed by atoms with van der Waals surface area (Å²) in [6.07, 6.45) is -2.15. The number of methoxy groups -OCH3 is 1. The van der Waals surface area contributed by atoms with E-state index >= 15 is 4.21 Å². The number of fused-ring (bicyclic) bond motifs is 5. The van der Waals surface area contributed by atoms with E-state index < -0.39 is 181 Å². The zero-order chi connectivity index (χ0) is 62.0. The predicted molar refractivity (Wildman–Crippen MR) is 304 cm³/mol. The Morgan fingerprint density at radius 3 is 2.35 bits per heavy atom. The van der Waals surface area contributed by atoms with Crippen LogP contribution in [0.5, 0.6) is 5.75 Å². The largest absolute Gasteiger partial charge is 0.496 e. The van der Waals surface area contributed by atoms with Crippen LogP contribution in [0.2, 0.25) is 0 Å². The number of aliphatic hydroxyl groups excluding tert-OH is 3. The summed E-state index contributed by atoms with van der Waals surface area (Å²) in [5, 5.41) is 53.2. The van der Waals surface area contributed by atoms with Crippen molar-refractivity contribution in [1.82, 2.24) is 56.4 Å². The van der Waals surface area contributed by atoms with Crippen molar-refractivity contribution in [1.29, 1.82) is 0 Å². The Bertz CT molecular complexity index is 3080. The number of unbranched alkanes of at least 4 members (excludes halogenated alkanes) is 1. The van der Waals surface area contributed by atoms with Crippen LogP contribution >= 0.6 is 11.8 Å². The van der Waals surface area contributed by atoms with Gasteiger partial charge in [-0.3, -0.25) is 66.5 Å². The smallest absolute Gasteiger partial charge is 0.246 e. The van der Waals surface area contributed by atoms with E-state index in [4.69, 9.17) is 10.5 Å². The molecule has 30 heteroatoms. The summed E-state index contributed by atoms with van der Waals surface area (Å²) >= 11 is 1.52. The number of ether oxygens (including phenoxy) is 1. The lowest BCUT2D eigenvalue weighted by Crippen LogP contribution is -2.60. The summed E-state index contributed by atoms with van der Waals surface area (Å²) in [5.41, 5.74) is 7.23. The molecule has 3 aromatic rings. The van der Waals surface area contributed by atoms with Gasteiger partial charge in [-0.25, -0.2) is 0 Å². The second kappa shape index (κ2) is 29.3. The van der Waals surface area contributed by atoms with Crippen molar-refractivity contribution in [3.05, 3.63) is 35.2 Å². The molecular weight excluding hydrogens is 1150 g/mol. The zero-order valence-electron chi connectivity index (χ0n) is 48.1. The quantitative estimate of drug-likeness (QED) is 0.0505. The number of imide groups is 1.